The van der Waals surface area contributed by atoms with Gasteiger partial charge in [0.05, 0.1) is 25.2 Å². The Morgan fingerprint density at radius 1 is 1.12 bits per heavy atom. The molecule has 0 aromatic heterocycles. The van der Waals surface area contributed by atoms with Gasteiger partial charge in [0.25, 0.3) is 0 Å². The SMILES string of the molecule is COc1cccc(C(O)CNS(=O)(=O)c2ccc(OC)c(C)c2)c1. The summed E-state index contributed by atoms with van der Waals surface area (Å²) in [4.78, 5) is 0.124. The molecule has 0 spiro atoms. The topological polar surface area (TPSA) is 84.9 Å². The van der Waals surface area contributed by atoms with E-state index in [1.165, 1.54) is 26.4 Å². The second kappa shape index (κ2) is 7.65. The highest BCUT2D eigenvalue weighted by Gasteiger charge is 2.18. The zero-order valence-electron chi connectivity index (χ0n) is 13.8. The van der Waals surface area contributed by atoms with Crippen LogP contribution < -0.4 is 14.2 Å². The fourth-order valence-corrected chi connectivity index (χ4v) is 3.38. The van der Waals surface area contributed by atoms with Crippen LogP contribution in [0, 0.1) is 6.92 Å². The summed E-state index contributed by atoms with van der Waals surface area (Å²) in [6.45, 7) is 1.63. The maximum atomic E-state index is 12.4. The van der Waals surface area contributed by atoms with Crippen molar-refractivity contribution in [3.63, 3.8) is 0 Å². The lowest BCUT2D eigenvalue weighted by Gasteiger charge is -2.14. The van der Waals surface area contributed by atoms with Crippen molar-refractivity contribution in [3.05, 3.63) is 53.6 Å². The first-order valence-corrected chi connectivity index (χ1v) is 8.82. The summed E-state index contributed by atoms with van der Waals surface area (Å²) in [5.41, 5.74) is 1.29. The van der Waals surface area contributed by atoms with Gasteiger partial charge in [-0.25, -0.2) is 13.1 Å². The molecule has 2 aromatic carbocycles. The highest BCUT2D eigenvalue weighted by Crippen LogP contribution is 2.22. The number of benzene rings is 2. The Labute approximate surface area is 142 Å². The van der Waals surface area contributed by atoms with Gasteiger partial charge < -0.3 is 14.6 Å². The Morgan fingerprint density at radius 2 is 1.88 bits per heavy atom. The maximum absolute atomic E-state index is 12.4. The van der Waals surface area contributed by atoms with Gasteiger partial charge in [-0.15, -0.1) is 0 Å². The Kier molecular flexibility index (Phi) is 5.82. The molecule has 0 aliphatic carbocycles. The molecule has 24 heavy (non-hydrogen) atoms. The standard InChI is InChI=1S/C17H21NO5S/c1-12-9-15(7-8-17(12)23-3)24(20,21)18-11-16(19)13-5-4-6-14(10-13)22-2/h4-10,16,18-19H,11H2,1-3H3. The average molecular weight is 351 g/mol. The van der Waals surface area contributed by atoms with Crippen LogP contribution in [-0.2, 0) is 10.0 Å². The Bertz CT molecular complexity index is 804. The van der Waals surface area contributed by atoms with E-state index in [9.17, 15) is 13.5 Å². The number of sulfonamides is 1. The number of aryl methyl sites for hydroxylation is 1. The largest absolute Gasteiger partial charge is 0.497 e. The van der Waals surface area contributed by atoms with E-state index in [1.54, 1.807) is 37.3 Å². The third-order valence-corrected chi connectivity index (χ3v) is 5.04. The van der Waals surface area contributed by atoms with Crippen molar-refractivity contribution in [2.45, 2.75) is 17.9 Å². The van der Waals surface area contributed by atoms with Gasteiger partial charge in [-0.3, -0.25) is 0 Å². The predicted octanol–water partition coefficient (Wildman–Crippen LogP) is 2.02. The minimum atomic E-state index is -3.72. The summed E-state index contributed by atoms with van der Waals surface area (Å²) < 4.78 is 37.3. The first-order chi connectivity index (χ1) is 11.4. The highest BCUT2D eigenvalue weighted by atomic mass is 32.2. The van der Waals surface area contributed by atoms with Crippen LogP contribution in [0.1, 0.15) is 17.2 Å². The molecular formula is C17H21NO5S. The van der Waals surface area contributed by atoms with Gasteiger partial charge in [-0.05, 0) is 48.4 Å². The summed E-state index contributed by atoms with van der Waals surface area (Å²) in [7, 11) is -0.668. The van der Waals surface area contributed by atoms with Crippen molar-refractivity contribution in [3.8, 4) is 11.5 Å². The number of methoxy groups -OCH3 is 2. The van der Waals surface area contributed by atoms with Crippen LogP contribution >= 0.6 is 0 Å². The normalized spacial score (nSPS) is 12.7. The van der Waals surface area contributed by atoms with Gasteiger partial charge in [-0.2, -0.15) is 0 Å². The molecule has 0 fully saturated rings. The summed E-state index contributed by atoms with van der Waals surface area (Å²) >= 11 is 0. The molecule has 0 saturated heterocycles. The van der Waals surface area contributed by atoms with Crippen LogP contribution in [-0.4, -0.2) is 34.3 Å². The molecule has 0 heterocycles. The van der Waals surface area contributed by atoms with Gasteiger partial charge in [0.1, 0.15) is 11.5 Å². The van der Waals surface area contributed by atoms with Crippen LogP contribution in [0.3, 0.4) is 0 Å². The number of hydrogen-bond donors (Lipinski definition) is 2. The van der Waals surface area contributed by atoms with E-state index in [4.69, 9.17) is 9.47 Å². The monoisotopic (exact) mass is 351 g/mol. The molecule has 2 rings (SSSR count). The summed E-state index contributed by atoms with van der Waals surface area (Å²) in [5, 5.41) is 10.2. The minimum Gasteiger partial charge on any atom is -0.497 e. The molecule has 0 aliphatic rings. The summed E-state index contributed by atoms with van der Waals surface area (Å²) in [6.07, 6.45) is -0.978. The van der Waals surface area contributed by atoms with Crippen LogP contribution in [0.4, 0.5) is 0 Å². The molecule has 7 heteroatoms. The van der Waals surface area contributed by atoms with Gasteiger partial charge in [0.2, 0.25) is 10.0 Å². The Hall–Kier alpha value is -2.09. The average Bonchev–Trinajstić information content (AvgIpc) is 2.59. The smallest absolute Gasteiger partial charge is 0.240 e. The Balaban J connectivity index is 2.10. The van der Waals surface area contributed by atoms with Crippen molar-refractivity contribution in [2.24, 2.45) is 0 Å². The third kappa shape index (κ3) is 4.25. The van der Waals surface area contributed by atoms with Gasteiger partial charge >= 0.3 is 0 Å². The lowest BCUT2D eigenvalue weighted by Crippen LogP contribution is -2.28. The Morgan fingerprint density at radius 3 is 2.50 bits per heavy atom. The van der Waals surface area contributed by atoms with Crippen molar-refractivity contribution in [1.82, 2.24) is 4.72 Å². The number of aliphatic hydroxyl groups excluding tert-OH is 1. The number of rotatable bonds is 7. The quantitative estimate of drug-likeness (QED) is 0.797. The number of hydrogen-bond acceptors (Lipinski definition) is 5. The van der Waals surface area contributed by atoms with Gasteiger partial charge in [0.15, 0.2) is 0 Å². The molecule has 130 valence electrons. The number of ether oxygens (including phenoxy) is 2. The fourth-order valence-electron chi connectivity index (χ4n) is 2.26. The first kappa shape index (κ1) is 18.3. The molecule has 0 bridgehead atoms. The van der Waals surface area contributed by atoms with Crippen LogP contribution in [0.5, 0.6) is 11.5 Å². The molecule has 0 aliphatic heterocycles. The van der Waals surface area contributed by atoms with Crippen LogP contribution in [0.15, 0.2) is 47.4 Å². The highest BCUT2D eigenvalue weighted by molar-refractivity contribution is 7.89. The van der Waals surface area contributed by atoms with E-state index in [2.05, 4.69) is 4.72 Å². The van der Waals surface area contributed by atoms with E-state index in [0.717, 1.165) is 0 Å². The molecule has 2 N–H and O–H groups in total. The van der Waals surface area contributed by atoms with Crippen molar-refractivity contribution >= 4 is 10.0 Å². The maximum Gasteiger partial charge on any atom is 0.240 e. The fraction of sp³-hybridized carbons (Fsp3) is 0.294. The molecule has 1 unspecified atom stereocenters. The predicted molar refractivity (Wildman–Crippen MR) is 90.9 cm³/mol. The van der Waals surface area contributed by atoms with Crippen LogP contribution in [0.2, 0.25) is 0 Å². The summed E-state index contributed by atoms with van der Waals surface area (Å²) in [5.74, 6) is 1.21. The van der Waals surface area contributed by atoms with Crippen molar-refractivity contribution in [2.75, 3.05) is 20.8 Å². The molecule has 6 nitrogen and oxygen atoms in total. The van der Waals surface area contributed by atoms with Crippen molar-refractivity contribution < 1.29 is 23.0 Å². The number of aliphatic hydroxyl groups is 1. The summed E-state index contributed by atoms with van der Waals surface area (Å²) in [6, 6.07) is 11.4. The van der Waals surface area contributed by atoms with Gasteiger partial charge in [-0.1, -0.05) is 12.1 Å². The molecule has 0 radical (unpaired) electrons. The second-order valence-corrected chi connectivity index (χ2v) is 7.04. The van der Waals surface area contributed by atoms with E-state index in [0.29, 0.717) is 22.6 Å². The second-order valence-electron chi connectivity index (χ2n) is 5.28. The van der Waals surface area contributed by atoms with Crippen LogP contribution in [0.25, 0.3) is 0 Å². The zero-order chi connectivity index (χ0) is 17.7. The number of nitrogens with one attached hydrogen (secondary N) is 1. The minimum absolute atomic E-state index is 0.124. The molecule has 2 aromatic rings. The van der Waals surface area contributed by atoms with E-state index >= 15 is 0 Å². The lowest BCUT2D eigenvalue weighted by molar-refractivity contribution is 0.181. The molecule has 0 amide bonds. The third-order valence-electron chi connectivity index (χ3n) is 3.62. The first-order valence-electron chi connectivity index (χ1n) is 7.33. The lowest BCUT2D eigenvalue weighted by atomic mass is 10.1. The zero-order valence-corrected chi connectivity index (χ0v) is 14.6. The van der Waals surface area contributed by atoms with E-state index in [-0.39, 0.29) is 11.4 Å². The molecule has 0 saturated carbocycles. The van der Waals surface area contributed by atoms with E-state index < -0.39 is 16.1 Å². The van der Waals surface area contributed by atoms with Crippen molar-refractivity contribution in [1.29, 1.82) is 0 Å². The van der Waals surface area contributed by atoms with Gasteiger partial charge in [0, 0.05) is 6.54 Å². The molecule has 1 atom stereocenters. The molecular weight excluding hydrogens is 330 g/mol. The van der Waals surface area contributed by atoms with E-state index in [1.807, 2.05) is 0 Å².